The average Bonchev–Trinajstić information content (AvgIpc) is 2.53. The van der Waals surface area contributed by atoms with Gasteiger partial charge in [-0.25, -0.2) is 0 Å². The number of nitrogens with one attached hydrogen (secondary N) is 1. The highest BCUT2D eigenvalue weighted by Crippen LogP contribution is 2.21. The van der Waals surface area contributed by atoms with E-state index in [4.69, 9.17) is 0 Å². The first-order chi connectivity index (χ1) is 10.2. The van der Waals surface area contributed by atoms with E-state index in [-0.39, 0.29) is 0 Å². The first kappa shape index (κ1) is 13.4. The number of fused-ring (bicyclic) bond motifs is 1. The van der Waals surface area contributed by atoms with Crippen molar-refractivity contribution in [2.24, 2.45) is 0 Å². The Labute approximate surface area is 125 Å². The number of pyridine rings is 1. The second kappa shape index (κ2) is 5.83. The lowest BCUT2D eigenvalue weighted by Crippen LogP contribution is -2.09. The van der Waals surface area contributed by atoms with Gasteiger partial charge in [0, 0.05) is 49.8 Å². The molecule has 0 saturated carbocycles. The van der Waals surface area contributed by atoms with E-state index in [1.807, 2.05) is 12.4 Å². The fourth-order valence-electron chi connectivity index (χ4n) is 2.44. The second-order valence-corrected chi connectivity index (χ2v) is 5.31. The van der Waals surface area contributed by atoms with Crippen molar-refractivity contribution >= 4 is 22.1 Å². The van der Waals surface area contributed by atoms with Crippen LogP contribution in [0.5, 0.6) is 0 Å². The molecular formula is C18H19N3. The van der Waals surface area contributed by atoms with Crippen molar-refractivity contribution in [3.8, 4) is 0 Å². The maximum atomic E-state index is 4.18. The normalized spacial score (nSPS) is 10.6. The third-order valence-electron chi connectivity index (χ3n) is 3.62. The lowest BCUT2D eigenvalue weighted by atomic mass is 10.1. The molecule has 1 N–H and O–H groups in total. The number of hydrogen-bond donors (Lipinski definition) is 1. The van der Waals surface area contributed by atoms with Crippen LogP contribution < -0.4 is 10.2 Å². The Bertz CT molecular complexity index is 745. The van der Waals surface area contributed by atoms with Crippen LogP contribution >= 0.6 is 0 Å². The summed E-state index contributed by atoms with van der Waals surface area (Å²) in [6, 6.07) is 16.8. The summed E-state index contributed by atoms with van der Waals surface area (Å²) in [5.74, 6) is 0. The summed E-state index contributed by atoms with van der Waals surface area (Å²) in [5, 5.41) is 5.93. The predicted molar refractivity (Wildman–Crippen MR) is 89.8 cm³/mol. The maximum absolute atomic E-state index is 4.18. The van der Waals surface area contributed by atoms with Gasteiger partial charge in [-0.1, -0.05) is 24.3 Å². The Morgan fingerprint density at radius 3 is 2.76 bits per heavy atom. The van der Waals surface area contributed by atoms with Gasteiger partial charge in [0.1, 0.15) is 0 Å². The Kier molecular flexibility index (Phi) is 3.73. The zero-order valence-corrected chi connectivity index (χ0v) is 12.4. The lowest BCUT2D eigenvalue weighted by Gasteiger charge is -2.15. The van der Waals surface area contributed by atoms with Crippen molar-refractivity contribution in [2.45, 2.75) is 6.54 Å². The Balaban J connectivity index is 1.82. The molecule has 3 aromatic rings. The standard InChI is InChI=1S/C18H19N3/c1-21(2)17-8-4-7-16(11-17)20-13-15-6-3-5-14-12-19-10-9-18(14)15/h3-12,20H,13H2,1-2H3. The zero-order chi connectivity index (χ0) is 14.7. The molecule has 0 bridgehead atoms. The van der Waals surface area contributed by atoms with E-state index in [0.29, 0.717) is 0 Å². The Morgan fingerprint density at radius 2 is 1.90 bits per heavy atom. The van der Waals surface area contributed by atoms with Crippen molar-refractivity contribution in [2.75, 3.05) is 24.3 Å². The molecule has 1 aromatic heterocycles. The number of benzene rings is 2. The van der Waals surface area contributed by atoms with Crippen LogP contribution in [0.1, 0.15) is 5.56 Å². The highest BCUT2D eigenvalue weighted by molar-refractivity contribution is 5.85. The van der Waals surface area contributed by atoms with Crippen molar-refractivity contribution in [1.82, 2.24) is 4.98 Å². The van der Waals surface area contributed by atoms with Gasteiger partial charge >= 0.3 is 0 Å². The average molecular weight is 277 g/mol. The lowest BCUT2D eigenvalue weighted by molar-refractivity contribution is 1.12. The molecule has 3 heteroatoms. The molecule has 21 heavy (non-hydrogen) atoms. The van der Waals surface area contributed by atoms with Crippen molar-refractivity contribution in [3.63, 3.8) is 0 Å². The molecular weight excluding hydrogens is 258 g/mol. The maximum Gasteiger partial charge on any atom is 0.0406 e. The molecule has 0 aliphatic carbocycles. The minimum absolute atomic E-state index is 0.804. The summed E-state index contributed by atoms with van der Waals surface area (Å²) < 4.78 is 0. The number of nitrogens with zero attached hydrogens (tertiary/aromatic N) is 2. The van der Waals surface area contributed by atoms with Gasteiger partial charge in [-0.15, -0.1) is 0 Å². The highest BCUT2D eigenvalue weighted by Gasteiger charge is 2.02. The third kappa shape index (κ3) is 2.97. The van der Waals surface area contributed by atoms with Crippen LogP contribution in [0.3, 0.4) is 0 Å². The van der Waals surface area contributed by atoms with E-state index in [1.54, 1.807) is 0 Å². The van der Waals surface area contributed by atoms with Gasteiger partial charge in [0.05, 0.1) is 0 Å². The van der Waals surface area contributed by atoms with Gasteiger partial charge < -0.3 is 10.2 Å². The highest BCUT2D eigenvalue weighted by atomic mass is 15.1. The van der Waals surface area contributed by atoms with E-state index in [1.165, 1.54) is 22.0 Å². The third-order valence-corrected chi connectivity index (χ3v) is 3.62. The van der Waals surface area contributed by atoms with Crippen LogP contribution in [-0.2, 0) is 6.54 Å². The summed E-state index contributed by atoms with van der Waals surface area (Å²) in [7, 11) is 4.10. The molecule has 1 heterocycles. The number of anilines is 2. The van der Waals surface area contributed by atoms with Crippen LogP contribution in [0, 0.1) is 0 Å². The van der Waals surface area contributed by atoms with Crippen LogP contribution in [0.2, 0.25) is 0 Å². The van der Waals surface area contributed by atoms with Gasteiger partial charge in [-0.3, -0.25) is 4.98 Å². The van der Waals surface area contributed by atoms with E-state index in [0.717, 1.165) is 12.2 Å². The van der Waals surface area contributed by atoms with Crippen molar-refractivity contribution < 1.29 is 0 Å². The minimum Gasteiger partial charge on any atom is -0.381 e. The summed E-state index contributed by atoms with van der Waals surface area (Å²) in [4.78, 5) is 6.28. The topological polar surface area (TPSA) is 28.2 Å². The van der Waals surface area contributed by atoms with Crippen LogP contribution in [-0.4, -0.2) is 19.1 Å². The summed E-state index contributed by atoms with van der Waals surface area (Å²) >= 11 is 0. The van der Waals surface area contributed by atoms with Crippen LogP contribution in [0.4, 0.5) is 11.4 Å². The van der Waals surface area contributed by atoms with Crippen LogP contribution in [0.15, 0.2) is 60.9 Å². The fraction of sp³-hybridized carbons (Fsp3) is 0.167. The molecule has 0 unspecified atom stereocenters. The largest absolute Gasteiger partial charge is 0.381 e. The van der Waals surface area contributed by atoms with Crippen LogP contribution in [0.25, 0.3) is 10.8 Å². The van der Waals surface area contributed by atoms with E-state index in [9.17, 15) is 0 Å². The number of aromatic nitrogens is 1. The van der Waals surface area contributed by atoms with Gasteiger partial charge in [-0.05, 0) is 35.2 Å². The number of hydrogen-bond acceptors (Lipinski definition) is 3. The van der Waals surface area contributed by atoms with Gasteiger partial charge in [0.25, 0.3) is 0 Å². The summed E-state index contributed by atoms with van der Waals surface area (Å²) in [6.45, 7) is 0.804. The fourth-order valence-corrected chi connectivity index (χ4v) is 2.44. The SMILES string of the molecule is CN(C)c1cccc(NCc2cccc3cnccc23)c1. The quantitative estimate of drug-likeness (QED) is 0.783. The predicted octanol–water partition coefficient (Wildman–Crippen LogP) is 3.91. The molecule has 0 radical (unpaired) electrons. The molecule has 2 aromatic carbocycles. The molecule has 3 nitrogen and oxygen atoms in total. The first-order valence-corrected chi connectivity index (χ1v) is 7.07. The van der Waals surface area contributed by atoms with Gasteiger partial charge in [0.15, 0.2) is 0 Å². The van der Waals surface area contributed by atoms with Gasteiger partial charge in [-0.2, -0.15) is 0 Å². The number of rotatable bonds is 4. The minimum atomic E-state index is 0.804. The molecule has 0 saturated heterocycles. The van der Waals surface area contributed by atoms with Crippen molar-refractivity contribution in [3.05, 3.63) is 66.5 Å². The Hall–Kier alpha value is -2.55. The monoisotopic (exact) mass is 277 g/mol. The Morgan fingerprint density at radius 1 is 1.05 bits per heavy atom. The van der Waals surface area contributed by atoms with Crippen molar-refractivity contribution in [1.29, 1.82) is 0 Å². The zero-order valence-electron chi connectivity index (χ0n) is 12.4. The molecule has 3 rings (SSSR count). The summed E-state index contributed by atoms with van der Waals surface area (Å²) in [6.07, 6.45) is 3.75. The molecule has 0 fully saturated rings. The molecule has 0 spiro atoms. The smallest absolute Gasteiger partial charge is 0.0406 e. The molecule has 0 aliphatic rings. The summed E-state index contributed by atoms with van der Waals surface area (Å²) in [5.41, 5.74) is 3.61. The second-order valence-electron chi connectivity index (χ2n) is 5.31. The molecule has 0 atom stereocenters. The van der Waals surface area contributed by atoms with E-state index >= 15 is 0 Å². The molecule has 106 valence electrons. The van der Waals surface area contributed by atoms with E-state index in [2.05, 4.69) is 77.8 Å². The first-order valence-electron chi connectivity index (χ1n) is 7.07. The molecule has 0 aliphatic heterocycles. The van der Waals surface area contributed by atoms with Gasteiger partial charge in [0.2, 0.25) is 0 Å². The van der Waals surface area contributed by atoms with E-state index < -0.39 is 0 Å². The molecule has 0 amide bonds.